The van der Waals surface area contributed by atoms with Gasteiger partial charge >= 0.3 is 0 Å². The van der Waals surface area contributed by atoms with Gasteiger partial charge in [-0.05, 0) is 67.6 Å². The molecule has 0 saturated carbocycles. The summed E-state index contributed by atoms with van der Waals surface area (Å²) in [4.78, 5) is 19.6. The number of carbonyl (C=O) groups excluding carboxylic acids is 1. The number of para-hydroxylation sites is 1. The number of benzene rings is 2. The van der Waals surface area contributed by atoms with Crippen molar-refractivity contribution in [1.82, 2.24) is 25.4 Å². The Labute approximate surface area is 210 Å². The first-order valence-corrected chi connectivity index (χ1v) is 12.3. The van der Waals surface area contributed by atoms with Crippen molar-refractivity contribution in [3.05, 3.63) is 83.8 Å². The van der Waals surface area contributed by atoms with Gasteiger partial charge in [0.1, 0.15) is 0 Å². The molecule has 5 rings (SSSR count). The largest absolute Gasteiger partial charge is 0.379 e. The van der Waals surface area contributed by atoms with Crippen molar-refractivity contribution in [2.75, 3.05) is 44.7 Å². The first-order valence-electron chi connectivity index (χ1n) is 12.3. The van der Waals surface area contributed by atoms with Gasteiger partial charge in [0.2, 0.25) is 0 Å². The number of hydrogen-bond donors (Lipinski definition) is 3. The second kappa shape index (κ2) is 11.6. The van der Waals surface area contributed by atoms with E-state index in [9.17, 15) is 4.79 Å². The van der Waals surface area contributed by atoms with Crippen molar-refractivity contribution in [2.24, 2.45) is 0 Å². The molecular weight excluding hydrogens is 452 g/mol. The molecule has 4 aromatic rings. The van der Waals surface area contributed by atoms with E-state index in [1.54, 1.807) is 6.20 Å². The molecule has 1 saturated heterocycles. The van der Waals surface area contributed by atoms with E-state index in [-0.39, 0.29) is 5.91 Å². The van der Waals surface area contributed by atoms with E-state index < -0.39 is 0 Å². The van der Waals surface area contributed by atoms with Crippen LogP contribution >= 0.6 is 0 Å². The van der Waals surface area contributed by atoms with E-state index in [0.717, 1.165) is 72.9 Å². The minimum Gasteiger partial charge on any atom is -0.379 e. The van der Waals surface area contributed by atoms with Crippen LogP contribution in [0.25, 0.3) is 23.1 Å². The predicted octanol–water partition coefficient (Wildman–Crippen LogP) is 4.32. The van der Waals surface area contributed by atoms with Crippen molar-refractivity contribution < 1.29 is 9.53 Å². The number of anilines is 2. The number of hydrogen-bond acceptors (Lipinski definition) is 6. The molecule has 36 heavy (non-hydrogen) atoms. The summed E-state index contributed by atoms with van der Waals surface area (Å²) in [5.41, 5.74) is 4.89. The molecule has 0 aliphatic carbocycles. The van der Waals surface area contributed by atoms with Crippen molar-refractivity contribution in [3.8, 4) is 0 Å². The maximum Gasteiger partial charge on any atom is 0.253 e. The van der Waals surface area contributed by atoms with Crippen LogP contribution in [0.5, 0.6) is 0 Å². The van der Waals surface area contributed by atoms with Crippen LogP contribution in [0.2, 0.25) is 0 Å². The topological polar surface area (TPSA) is 95.2 Å². The average molecular weight is 483 g/mol. The normalized spacial score (nSPS) is 14.3. The molecule has 2 aromatic carbocycles. The number of aromatic nitrogens is 3. The summed E-state index contributed by atoms with van der Waals surface area (Å²) < 4.78 is 5.39. The van der Waals surface area contributed by atoms with Crippen molar-refractivity contribution in [2.45, 2.75) is 6.42 Å². The lowest BCUT2D eigenvalue weighted by Gasteiger charge is -2.26. The van der Waals surface area contributed by atoms with Crippen LogP contribution in [-0.2, 0) is 4.74 Å². The van der Waals surface area contributed by atoms with Gasteiger partial charge in [-0.15, -0.1) is 0 Å². The predicted molar refractivity (Wildman–Crippen MR) is 143 cm³/mol. The second-order valence-electron chi connectivity index (χ2n) is 8.69. The molecule has 1 aliphatic rings. The molecule has 8 nitrogen and oxygen atoms in total. The second-order valence-corrected chi connectivity index (χ2v) is 8.69. The maximum absolute atomic E-state index is 12.9. The Hall–Kier alpha value is -4.01. The standard InChI is InChI=1S/C28H30N6O2/c35-28(30-14-5-15-34-16-18-36-19-17-34)24-7-1-2-8-25(24)31-22-9-11-23-26(32-33-27(23)20-22)12-10-21-6-3-4-13-29-21/h1-4,6-13,20,31H,5,14-19H2,(H,30,35)(H,32,33)/b12-10+. The number of H-pyrrole nitrogens is 1. The Kier molecular flexibility index (Phi) is 7.65. The zero-order valence-corrected chi connectivity index (χ0v) is 20.1. The van der Waals surface area contributed by atoms with Gasteiger partial charge in [0, 0.05) is 36.9 Å². The van der Waals surface area contributed by atoms with Crippen LogP contribution in [0.3, 0.4) is 0 Å². The van der Waals surface area contributed by atoms with Gasteiger partial charge in [-0.3, -0.25) is 19.8 Å². The average Bonchev–Trinajstić information content (AvgIpc) is 3.33. The van der Waals surface area contributed by atoms with Crippen LogP contribution in [-0.4, -0.2) is 65.4 Å². The number of fused-ring (bicyclic) bond motifs is 1. The first-order chi connectivity index (χ1) is 17.8. The minimum absolute atomic E-state index is 0.0790. The van der Waals surface area contributed by atoms with Gasteiger partial charge in [0.05, 0.1) is 41.4 Å². The number of nitrogens with one attached hydrogen (secondary N) is 3. The number of nitrogens with zero attached hydrogens (tertiary/aromatic N) is 3. The third-order valence-electron chi connectivity index (χ3n) is 6.18. The van der Waals surface area contributed by atoms with Gasteiger partial charge in [-0.2, -0.15) is 5.10 Å². The number of pyridine rings is 1. The van der Waals surface area contributed by atoms with Crippen molar-refractivity contribution in [3.63, 3.8) is 0 Å². The molecule has 2 aromatic heterocycles. The summed E-state index contributed by atoms with van der Waals surface area (Å²) in [5.74, 6) is -0.0790. The molecule has 8 heteroatoms. The summed E-state index contributed by atoms with van der Waals surface area (Å²) in [6.45, 7) is 5.11. The number of aromatic amines is 1. The highest BCUT2D eigenvalue weighted by molar-refractivity contribution is 6.00. The van der Waals surface area contributed by atoms with Crippen LogP contribution < -0.4 is 10.6 Å². The molecule has 1 amide bonds. The number of rotatable bonds is 9. The van der Waals surface area contributed by atoms with E-state index in [4.69, 9.17) is 4.74 Å². The molecule has 184 valence electrons. The van der Waals surface area contributed by atoms with E-state index in [0.29, 0.717) is 12.1 Å². The van der Waals surface area contributed by atoms with E-state index in [1.807, 2.05) is 72.8 Å². The third-order valence-corrected chi connectivity index (χ3v) is 6.18. The van der Waals surface area contributed by atoms with Crippen LogP contribution in [0, 0.1) is 0 Å². The van der Waals surface area contributed by atoms with E-state index in [2.05, 4.69) is 30.7 Å². The lowest BCUT2D eigenvalue weighted by molar-refractivity contribution is 0.0374. The zero-order valence-electron chi connectivity index (χ0n) is 20.1. The van der Waals surface area contributed by atoms with Gasteiger partial charge in [0.15, 0.2) is 0 Å². The molecule has 0 atom stereocenters. The molecule has 3 heterocycles. The fraction of sp³-hybridized carbons (Fsp3) is 0.250. The summed E-state index contributed by atoms with van der Waals surface area (Å²) >= 11 is 0. The summed E-state index contributed by atoms with van der Waals surface area (Å²) in [6.07, 6.45) is 6.57. The molecule has 0 radical (unpaired) electrons. The lowest BCUT2D eigenvalue weighted by Crippen LogP contribution is -2.38. The minimum atomic E-state index is -0.0790. The monoisotopic (exact) mass is 482 g/mol. The number of morpholine rings is 1. The van der Waals surface area contributed by atoms with Crippen molar-refractivity contribution >= 4 is 40.3 Å². The van der Waals surface area contributed by atoms with Crippen LogP contribution in [0.1, 0.15) is 28.2 Å². The number of amides is 1. The molecule has 0 spiro atoms. The quantitative estimate of drug-likeness (QED) is 0.308. The third kappa shape index (κ3) is 5.97. The maximum atomic E-state index is 12.9. The Morgan fingerprint density at radius 2 is 1.92 bits per heavy atom. The Bertz CT molecular complexity index is 1330. The van der Waals surface area contributed by atoms with Gasteiger partial charge in [0.25, 0.3) is 5.91 Å². The van der Waals surface area contributed by atoms with Crippen LogP contribution in [0.4, 0.5) is 11.4 Å². The Morgan fingerprint density at radius 1 is 1.06 bits per heavy atom. The SMILES string of the molecule is O=C(NCCCN1CCOCC1)c1ccccc1Nc1ccc2c(/C=C/c3ccccn3)n[nH]c2c1. The highest BCUT2D eigenvalue weighted by Gasteiger charge is 2.13. The lowest BCUT2D eigenvalue weighted by atomic mass is 10.1. The molecule has 3 N–H and O–H groups in total. The molecular formula is C28H30N6O2. The fourth-order valence-electron chi connectivity index (χ4n) is 4.25. The fourth-order valence-corrected chi connectivity index (χ4v) is 4.25. The summed E-state index contributed by atoms with van der Waals surface area (Å²) in [7, 11) is 0. The zero-order chi connectivity index (χ0) is 24.6. The highest BCUT2D eigenvalue weighted by Crippen LogP contribution is 2.26. The van der Waals surface area contributed by atoms with Gasteiger partial charge in [-0.25, -0.2) is 0 Å². The van der Waals surface area contributed by atoms with Crippen LogP contribution in [0.15, 0.2) is 66.9 Å². The van der Waals surface area contributed by atoms with Gasteiger partial charge < -0.3 is 15.4 Å². The Morgan fingerprint density at radius 3 is 2.78 bits per heavy atom. The smallest absolute Gasteiger partial charge is 0.253 e. The number of ether oxygens (including phenoxy) is 1. The molecule has 0 bridgehead atoms. The molecule has 1 fully saturated rings. The van der Waals surface area contributed by atoms with Gasteiger partial charge in [-0.1, -0.05) is 18.2 Å². The first kappa shape index (κ1) is 23.7. The summed E-state index contributed by atoms with van der Waals surface area (Å²) in [5, 5.41) is 15.0. The Balaban J connectivity index is 1.22. The summed E-state index contributed by atoms with van der Waals surface area (Å²) in [6, 6.07) is 19.4. The highest BCUT2D eigenvalue weighted by atomic mass is 16.5. The van der Waals surface area contributed by atoms with E-state index >= 15 is 0 Å². The van der Waals surface area contributed by atoms with Crippen molar-refractivity contribution in [1.29, 1.82) is 0 Å². The van der Waals surface area contributed by atoms with E-state index in [1.165, 1.54) is 0 Å². The molecule has 0 unspecified atom stereocenters. The number of carbonyl (C=O) groups is 1. The molecule has 1 aliphatic heterocycles.